The Morgan fingerprint density at radius 2 is 1.96 bits per heavy atom. The van der Waals surface area contributed by atoms with Crippen LogP contribution in [0.1, 0.15) is 13.8 Å². The maximum Gasteiger partial charge on any atom is 0.274 e. The number of phenols is 1. The molecule has 0 aliphatic carbocycles. The van der Waals surface area contributed by atoms with E-state index in [-0.39, 0.29) is 16.5 Å². The molecule has 0 bridgehead atoms. The fourth-order valence-electron chi connectivity index (χ4n) is 2.01. The molecule has 1 heterocycles. The summed E-state index contributed by atoms with van der Waals surface area (Å²) in [5.74, 6) is 0.00698. The normalized spacial score (nSPS) is 9.96. The van der Waals surface area contributed by atoms with Crippen molar-refractivity contribution in [3.63, 3.8) is 0 Å². The van der Waals surface area contributed by atoms with Gasteiger partial charge in [-0.1, -0.05) is 31.5 Å². The number of hydrogen-bond acceptors (Lipinski definition) is 5. The fraction of sp³-hybridized carbons (Fsp3) is 0.118. The van der Waals surface area contributed by atoms with E-state index in [9.17, 15) is 15.2 Å². The summed E-state index contributed by atoms with van der Waals surface area (Å²) in [6, 6.07) is 10.9. The highest BCUT2D eigenvalue weighted by Crippen LogP contribution is 2.40. The molecule has 0 spiro atoms. The molecule has 0 amide bonds. The van der Waals surface area contributed by atoms with Crippen molar-refractivity contribution >= 4 is 28.2 Å². The number of phenolic OH excluding ortho intramolecular Hbond substituents is 1. The van der Waals surface area contributed by atoms with Gasteiger partial charge < -0.3 is 9.84 Å². The van der Waals surface area contributed by atoms with E-state index in [0.717, 1.165) is 23.0 Å². The van der Waals surface area contributed by atoms with Gasteiger partial charge >= 0.3 is 0 Å². The minimum atomic E-state index is -0.642. The number of fused-ring (bicyclic) bond motifs is 1. The maximum atomic E-state index is 10.7. The van der Waals surface area contributed by atoms with Gasteiger partial charge in [-0.15, -0.1) is 0 Å². The Kier molecular flexibility index (Phi) is 5.55. The smallest absolute Gasteiger partial charge is 0.274 e. The van der Waals surface area contributed by atoms with E-state index in [1.807, 2.05) is 19.9 Å². The van der Waals surface area contributed by atoms with Gasteiger partial charge in [-0.05, 0) is 24.3 Å². The number of aromatic nitrogens is 1. The molecule has 7 heteroatoms. The molecule has 0 fully saturated rings. The number of aromatic hydroxyl groups is 1. The highest BCUT2D eigenvalue weighted by Gasteiger charge is 2.17. The summed E-state index contributed by atoms with van der Waals surface area (Å²) in [6.45, 7) is 4.00. The standard InChI is InChI=1S/C15H9ClN2O4.C2H6/c16-12-7-10(18(20)21)8-14(19)15(12)22-11-3-4-13-9(6-11)2-1-5-17-13;1-2/h1-8,19H;1-2H3. The monoisotopic (exact) mass is 346 g/mol. The van der Waals surface area contributed by atoms with Gasteiger partial charge in [0.15, 0.2) is 11.5 Å². The first-order chi connectivity index (χ1) is 11.5. The van der Waals surface area contributed by atoms with Crippen LogP contribution in [0.25, 0.3) is 10.9 Å². The van der Waals surface area contributed by atoms with Crippen LogP contribution in [0.4, 0.5) is 5.69 Å². The lowest BCUT2D eigenvalue weighted by Gasteiger charge is -2.10. The second-order valence-corrected chi connectivity index (χ2v) is 4.90. The SMILES string of the molecule is CC.O=[N+]([O-])c1cc(O)c(Oc2ccc3ncccc3c2)c(Cl)c1. The molecule has 3 aromatic rings. The predicted molar refractivity (Wildman–Crippen MR) is 92.9 cm³/mol. The first kappa shape index (κ1) is 17.5. The van der Waals surface area contributed by atoms with Crippen LogP contribution in [0.15, 0.2) is 48.7 Å². The van der Waals surface area contributed by atoms with E-state index in [1.54, 1.807) is 30.5 Å². The average molecular weight is 347 g/mol. The number of nitro groups is 1. The van der Waals surface area contributed by atoms with Gasteiger partial charge in [0.2, 0.25) is 0 Å². The van der Waals surface area contributed by atoms with Gasteiger partial charge in [-0.2, -0.15) is 0 Å². The van der Waals surface area contributed by atoms with Crippen molar-refractivity contribution in [2.45, 2.75) is 13.8 Å². The zero-order valence-electron chi connectivity index (χ0n) is 13.1. The summed E-state index contributed by atoms with van der Waals surface area (Å²) in [5, 5.41) is 21.4. The van der Waals surface area contributed by atoms with E-state index in [1.165, 1.54) is 0 Å². The number of non-ortho nitro benzene ring substituents is 1. The zero-order chi connectivity index (χ0) is 17.7. The fourth-order valence-corrected chi connectivity index (χ4v) is 2.25. The number of pyridine rings is 1. The van der Waals surface area contributed by atoms with Crippen molar-refractivity contribution in [2.75, 3.05) is 0 Å². The molecule has 0 aliphatic heterocycles. The van der Waals surface area contributed by atoms with Crippen molar-refractivity contribution in [3.8, 4) is 17.2 Å². The molecule has 0 atom stereocenters. The molecule has 0 saturated carbocycles. The van der Waals surface area contributed by atoms with Crippen molar-refractivity contribution < 1.29 is 14.8 Å². The number of nitrogens with zero attached hydrogens (tertiary/aromatic N) is 2. The molecule has 0 saturated heterocycles. The zero-order valence-corrected chi connectivity index (χ0v) is 13.8. The lowest BCUT2D eigenvalue weighted by atomic mass is 10.2. The molecule has 1 aromatic heterocycles. The van der Waals surface area contributed by atoms with Gasteiger partial charge in [-0.3, -0.25) is 15.1 Å². The Hall–Kier alpha value is -2.86. The van der Waals surface area contributed by atoms with Crippen LogP contribution >= 0.6 is 11.6 Å². The number of benzene rings is 2. The van der Waals surface area contributed by atoms with E-state index >= 15 is 0 Å². The van der Waals surface area contributed by atoms with Crippen LogP contribution in [0.5, 0.6) is 17.2 Å². The summed E-state index contributed by atoms with van der Waals surface area (Å²) >= 11 is 5.95. The lowest BCUT2D eigenvalue weighted by Crippen LogP contribution is -1.91. The highest BCUT2D eigenvalue weighted by atomic mass is 35.5. The molecule has 3 rings (SSSR count). The summed E-state index contributed by atoms with van der Waals surface area (Å²) < 4.78 is 5.55. The van der Waals surface area contributed by atoms with E-state index in [4.69, 9.17) is 16.3 Å². The maximum absolute atomic E-state index is 10.7. The van der Waals surface area contributed by atoms with Gasteiger partial charge in [-0.25, -0.2) is 0 Å². The second kappa shape index (κ2) is 7.61. The Morgan fingerprint density at radius 3 is 2.62 bits per heavy atom. The predicted octanol–water partition coefficient (Wildman–Crippen LogP) is 5.32. The van der Waals surface area contributed by atoms with Crippen molar-refractivity contribution in [1.29, 1.82) is 0 Å². The van der Waals surface area contributed by atoms with Crippen LogP contribution in [-0.4, -0.2) is 15.0 Å². The molecule has 0 radical (unpaired) electrons. The first-order valence-corrected chi connectivity index (χ1v) is 7.62. The lowest BCUT2D eigenvalue weighted by molar-refractivity contribution is -0.384. The molecule has 6 nitrogen and oxygen atoms in total. The van der Waals surface area contributed by atoms with Gasteiger partial charge in [0, 0.05) is 17.6 Å². The third-order valence-electron chi connectivity index (χ3n) is 3.01. The molecule has 2 aromatic carbocycles. The number of ether oxygens (including phenoxy) is 1. The van der Waals surface area contributed by atoms with E-state index in [2.05, 4.69) is 4.98 Å². The van der Waals surface area contributed by atoms with Gasteiger partial charge in [0.1, 0.15) is 5.75 Å². The molecule has 124 valence electrons. The minimum Gasteiger partial charge on any atom is -0.504 e. The van der Waals surface area contributed by atoms with Crippen LogP contribution in [0.2, 0.25) is 5.02 Å². The Balaban J connectivity index is 0.00000100. The van der Waals surface area contributed by atoms with E-state index < -0.39 is 10.7 Å². The van der Waals surface area contributed by atoms with Crippen LogP contribution < -0.4 is 4.74 Å². The third kappa shape index (κ3) is 3.72. The molecular weight excluding hydrogens is 332 g/mol. The van der Waals surface area contributed by atoms with Crippen molar-refractivity contribution in [2.24, 2.45) is 0 Å². The largest absolute Gasteiger partial charge is 0.504 e. The topological polar surface area (TPSA) is 85.5 Å². The molecule has 0 aliphatic rings. The molecule has 1 N–H and O–H groups in total. The second-order valence-electron chi connectivity index (χ2n) is 4.49. The third-order valence-corrected chi connectivity index (χ3v) is 3.29. The number of nitro benzene ring substituents is 1. The summed E-state index contributed by atoms with van der Waals surface area (Å²) in [6.07, 6.45) is 1.68. The first-order valence-electron chi connectivity index (χ1n) is 7.24. The Morgan fingerprint density at radius 1 is 1.21 bits per heavy atom. The van der Waals surface area contributed by atoms with Crippen molar-refractivity contribution in [1.82, 2.24) is 4.98 Å². The number of hydrogen-bond donors (Lipinski definition) is 1. The van der Waals surface area contributed by atoms with Gasteiger partial charge in [0.05, 0.1) is 21.5 Å². The summed E-state index contributed by atoms with van der Waals surface area (Å²) in [4.78, 5) is 14.3. The Labute approximate surface area is 143 Å². The molecule has 24 heavy (non-hydrogen) atoms. The number of rotatable bonds is 3. The summed E-state index contributed by atoms with van der Waals surface area (Å²) in [7, 11) is 0. The van der Waals surface area contributed by atoms with Crippen LogP contribution in [0, 0.1) is 10.1 Å². The highest BCUT2D eigenvalue weighted by molar-refractivity contribution is 6.32. The van der Waals surface area contributed by atoms with Crippen LogP contribution in [0.3, 0.4) is 0 Å². The minimum absolute atomic E-state index is 0.0319. The quantitative estimate of drug-likeness (QED) is 0.512. The molecule has 0 unspecified atom stereocenters. The van der Waals surface area contributed by atoms with Gasteiger partial charge in [0.25, 0.3) is 5.69 Å². The average Bonchev–Trinajstić information content (AvgIpc) is 2.59. The summed E-state index contributed by atoms with van der Waals surface area (Å²) in [5.41, 5.74) is 0.492. The van der Waals surface area contributed by atoms with Crippen molar-refractivity contribution in [3.05, 3.63) is 63.8 Å². The number of halogens is 1. The van der Waals surface area contributed by atoms with E-state index in [0.29, 0.717) is 5.75 Å². The Bertz CT molecular complexity index is 860. The van der Waals surface area contributed by atoms with Crippen LogP contribution in [-0.2, 0) is 0 Å². The molecular formula is C17H15ClN2O4.